The highest BCUT2D eigenvalue weighted by molar-refractivity contribution is 6.17. The number of urea groups is 1. The molecule has 1 saturated heterocycles. The third kappa shape index (κ3) is 3.63. The smallest absolute Gasteiger partial charge is 0.325 e. The maximum Gasteiger partial charge on any atom is 0.325 e. The standard InChI is InChI=1S/C25H27N3O3/c1-3-14-25(15-4-2)23(30)28(24(31)27-25)16-20(29)21-18-12-8-9-13-19(18)26-22(21)17-10-6-5-7-11-17/h5-13,26H,3-4,14-16H2,1-2H3,(H,27,31). The van der Waals surface area contributed by atoms with E-state index in [9.17, 15) is 14.4 Å². The highest BCUT2D eigenvalue weighted by atomic mass is 16.2. The van der Waals surface area contributed by atoms with E-state index in [1.807, 2.05) is 68.4 Å². The van der Waals surface area contributed by atoms with E-state index in [0.29, 0.717) is 24.1 Å². The highest BCUT2D eigenvalue weighted by Crippen LogP contribution is 2.32. The molecule has 0 spiro atoms. The third-order valence-corrected chi connectivity index (χ3v) is 5.95. The van der Waals surface area contributed by atoms with E-state index in [1.165, 1.54) is 0 Å². The van der Waals surface area contributed by atoms with Crippen molar-refractivity contribution in [2.45, 2.75) is 45.1 Å². The molecule has 4 rings (SSSR count). The molecule has 0 aliphatic carbocycles. The van der Waals surface area contributed by atoms with Gasteiger partial charge in [-0.3, -0.25) is 14.5 Å². The lowest BCUT2D eigenvalue weighted by Crippen LogP contribution is -2.47. The summed E-state index contributed by atoms with van der Waals surface area (Å²) in [6.07, 6.45) is 2.68. The van der Waals surface area contributed by atoms with Gasteiger partial charge in [0.1, 0.15) is 5.54 Å². The van der Waals surface area contributed by atoms with Crippen LogP contribution < -0.4 is 5.32 Å². The molecule has 1 aromatic heterocycles. The van der Waals surface area contributed by atoms with Gasteiger partial charge in [-0.15, -0.1) is 0 Å². The monoisotopic (exact) mass is 417 g/mol. The summed E-state index contributed by atoms with van der Waals surface area (Å²) < 4.78 is 0. The minimum absolute atomic E-state index is 0.261. The summed E-state index contributed by atoms with van der Waals surface area (Å²) in [4.78, 5) is 43.9. The molecule has 0 radical (unpaired) electrons. The third-order valence-electron chi connectivity index (χ3n) is 5.95. The van der Waals surface area contributed by atoms with Crippen LogP contribution in [0.25, 0.3) is 22.2 Å². The topological polar surface area (TPSA) is 82.3 Å². The maximum atomic E-state index is 13.5. The van der Waals surface area contributed by atoms with Crippen LogP contribution in [0.15, 0.2) is 54.6 Å². The predicted octanol–water partition coefficient (Wildman–Crippen LogP) is 4.91. The molecule has 6 nitrogen and oxygen atoms in total. The molecule has 1 aliphatic heterocycles. The van der Waals surface area contributed by atoms with Gasteiger partial charge in [-0.25, -0.2) is 4.79 Å². The zero-order valence-corrected chi connectivity index (χ0v) is 17.9. The average Bonchev–Trinajstić information content (AvgIpc) is 3.26. The number of nitrogens with one attached hydrogen (secondary N) is 2. The first-order valence-corrected chi connectivity index (χ1v) is 10.8. The molecule has 1 aliphatic rings. The number of para-hydroxylation sites is 1. The van der Waals surface area contributed by atoms with Gasteiger partial charge in [-0.05, 0) is 24.5 Å². The van der Waals surface area contributed by atoms with Gasteiger partial charge in [0.15, 0.2) is 5.78 Å². The first-order valence-electron chi connectivity index (χ1n) is 10.8. The fourth-order valence-corrected chi connectivity index (χ4v) is 4.61. The number of imide groups is 1. The number of amides is 3. The number of aromatic nitrogens is 1. The number of rotatable bonds is 8. The number of Topliss-reactive ketones (excluding diaryl/α,β-unsaturated/α-hetero) is 1. The van der Waals surface area contributed by atoms with E-state index in [-0.39, 0.29) is 18.2 Å². The Morgan fingerprint density at radius 3 is 2.26 bits per heavy atom. The summed E-state index contributed by atoms with van der Waals surface area (Å²) in [7, 11) is 0. The quantitative estimate of drug-likeness (QED) is 0.404. The van der Waals surface area contributed by atoms with Crippen molar-refractivity contribution >= 4 is 28.6 Å². The number of ketones is 1. The lowest BCUT2D eigenvalue weighted by Gasteiger charge is -2.25. The van der Waals surface area contributed by atoms with Crippen LogP contribution in [0.3, 0.4) is 0 Å². The lowest BCUT2D eigenvalue weighted by atomic mass is 9.88. The van der Waals surface area contributed by atoms with Crippen LogP contribution >= 0.6 is 0 Å². The highest BCUT2D eigenvalue weighted by Gasteiger charge is 2.50. The summed E-state index contributed by atoms with van der Waals surface area (Å²) in [6.45, 7) is 3.70. The molecule has 0 atom stereocenters. The van der Waals surface area contributed by atoms with Gasteiger partial charge in [0.25, 0.3) is 5.91 Å². The Kier molecular flexibility index (Phi) is 5.63. The Morgan fingerprint density at radius 2 is 1.58 bits per heavy atom. The molecule has 3 aromatic rings. The Morgan fingerprint density at radius 1 is 0.935 bits per heavy atom. The minimum atomic E-state index is -0.899. The first-order chi connectivity index (χ1) is 15.0. The molecular weight excluding hydrogens is 390 g/mol. The second-order valence-corrected chi connectivity index (χ2v) is 8.11. The molecule has 3 amide bonds. The Bertz CT molecular complexity index is 1130. The number of hydrogen-bond donors (Lipinski definition) is 2. The number of aromatic amines is 1. The molecule has 2 N–H and O–H groups in total. The second-order valence-electron chi connectivity index (χ2n) is 8.11. The number of carbonyl (C=O) groups excluding carboxylic acids is 3. The van der Waals surface area contributed by atoms with E-state index in [4.69, 9.17) is 0 Å². The summed E-state index contributed by atoms with van der Waals surface area (Å²) in [5, 5.41) is 3.66. The van der Waals surface area contributed by atoms with Crippen LogP contribution in [0.2, 0.25) is 0 Å². The van der Waals surface area contributed by atoms with E-state index < -0.39 is 11.6 Å². The van der Waals surface area contributed by atoms with E-state index in [2.05, 4.69) is 10.3 Å². The second kappa shape index (κ2) is 8.38. The summed E-state index contributed by atoms with van der Waals surface area (Å²) in [5.41, 5.74) is 2.03. The molecule has 0 saturated carbocycles. The van der Waals surface area contributed by atoms with Crippen molar-refractivity contribution in [2.24, 2.45) is 0 Å². The van der Waals surface area contributed by atoms with E-state index in [0.717, 1.165) is 34.2 Å². The van der Waals surface area contributed by atoms with Crippen molar-refractivity contribution in [3.8, 4) is 11.3 Å². The van der Waals surface area contributed by atoms with E-state index >= 15 is 0 Å². The van der Waals surface area contributed by atoms with Gasteiger partial charge < -0.3 is 10.3 Å². The lowest BCUT2D eigenvalue weighted by molar-refractivity contribution is -0.131. The van der Waals surface area contributed by atoms with E-state index in [1.54, 1.807) is 0 Å². The zero-order valence-electron chi connectivity index (χ0n) is 17.9. The molecule has 2 aromatic carbocycles. The number of nitrogens with zero attached hydrogens (tertiary/aromatic N) is 1. The van der Waals surface area contributed by atoms with Crippen LogP contribution in [-0.2, 0) is 4.79 Å². The normalized spacial score (nSPS) is 15.5. The van der Waals surface area contributed by atoms with Crippen molar-refractivity contribution in [1.29, 1.82) is 0 Å². The van der Waals surface area contributed by atoms with Crippen molar-refractivity contribution < 1.29 is 14.4 Å². The van der Waals surface area contributed by atoms with Crippen LogP contribution in [0, 0.1) is 0 Å². The predicted molar refractivity (Wildman–Crippen MR) is 121 cm³/mol. The van der Waals surface area contributed by atoms with Crippen molar-refractivity contribution in [3.63, 3.8) is 0 Å². The van der Waals surface area contributed by atoms with Crippen LogP contribution in [-0.4, -0.2) is 39.7 Å². The van der Waals surface area contributed by atoms with Crippen molar-refractivity contribution in [1.82, 2.24) is 15.2 Å². The SMILES string of the molecule is CCCC1(CCC)NC(=O)N(CC(=O)c2c(-c3ccccc3)[nH]c3ccccc23)C1=O. The van der Waals surface area contributed by atoms with Gasteiger partial charge in [-0.2, -0.15) is 0 Å². The van der Waals surface area contributed by atoms with Gasteiger partial charge in [0, 0.05) is 10.9 Å². The maximum absolute atomic E-state index is 13.5. The molecule has 6 heteroatoms. The molecule has 2 heterocycles. The van der Waals surface area contributed by atoms with Crippen LogP contribution in [0.5, 0.6) is 0 Å². The minimum Gasteiger partial charge on any atom is -0.354 e. The number of fused-ring (bicyclic) bond motifs is 1. The number of H-pyrrole nitrogens is 1. The Labute approximate surface area is 181 Å². The average molecular weight is 418 g/mol. The molecular formula is C25H27N3O3. The zero-order chi connectivity index (χ0) is 22.0. The van der Waals surface area contributed by atoms with Gasteiger partial charge >= 0.3 is 6.03 Å². The Hall–Kier alpha value is -3.41. The first kappa shape index (κ1) is 20.8. The Balaban J connectivity index is 1.71. The van der Waals surface area contributed by atoms with Crippen LogP contribution in [0.1, 0.15) is 49.9 Å². The summed E-state index contributed by atoms with van der Waals surface area (Å²) in [5.74, 6) is -0.556. The summed E-state index contributed by atoms with van der Waals surface area (Å²) >= 11 is 0. The molecule has 1 fully saturated rings. The van der Waals surface area contributed by atoms with Crippen molar-refractivity contribution in [3.05, 3.63) is 60.2 Å². The molecule has 0 unspecified atom stereocenters. The van der Waals surface area contributed by atoms with Gasteiger partial charge in [0.05, 0.1) is 17.8 Å². The number of benzene rings is 2. The van der Waals surface area contributed by atoms with Gasteiger partial charge in [-0.1, -0.05) is 75.2 Å². The largest absolute Gasteiger partial charge is 0.354 e. The number of hydrogen-bond acceptors (Lipinski definition) is 3. The fraction of sp³-hybridized carbons (Fsp3) is 0.320. The fourth-order valence-electron chi connectivity index (χ4n) is 4.61. The van der Waals surface area contributed by atoms with Crippen molar-refractivity contribution in [2.75, 3.05) is 6.54 Å². The summed E-state index contributed by atoms with van der Waals surface area (Å²) in [6, 6.07) is 16.7. The number of carbonyl (C=O) groups is 3. The van der Waals surface area contributed by atoms with Crippen LogP contribution in [0.4, 0.5) is 4.79 Å². The van der Waals surface area contributed by atoms with Gasteiger partial charge in [0.2, 0.25) is 0 Å². The molecule has 31 heavy (non-hydrogen) atoms. The molecule has 160 valence electrons. The molecule has 0 bridgehead atoms.